The van der Waals surface area contributed by atoms with Crippen LogP contribution in [0.2, 0.25) is 0 Å². The molecular formula is C13H16N2O3. The predicted octanol–water partition coefficient (Wildman–Crippen LogP) is 1.49. The molecule has 2 rings (SSSR count). The maximum Gasteiger partial charge on any atom is 0.409 e. The van der Waals surface area contributed by atoms with E-state index in [9.17, 15) is 9.59 Å². The average Bonchev–Trinajstić information content (AvgIpc) is 2.60. The van der Waals surface area contributed by atoms with Crippen LogP contribution in [0.3, 0.4) is 0 Å². The SMILES string of the molecule is COC(=O)N1CCCN(c2ccccc2)C(=O)C1. The molecule has 1 aromatic carbocycles. The fourth-order valence-corrected chi connectivity index (χ4v) is 2.04. The first-order valence-corrected chi connectivity index (χ1v) is 5.90. The van der Waals surface area contributed by atoms with Gasteiger partial charge in [0.1, 0.15) is 6.54 Å². The van der Waals surface area contributed by atoms with Gasteiger partial charge in [-0.25, -0.2) is 4.79 Å². The van der Waals surface area contributed by atoms with Gasteiger partial charge in [-0.3, -0.25) is 9.69 Å². The number of rotatable bonds is 1. The third-order valence-corrected chi connectivity index (χ3v) is 2.94. The highest BCUT2D eigenvalue weighted by atomic mass is 16.5. The molecule has 1 fully saturated rings. The summed E-state index contributed by atoms with van der Waals surface area (Å²) in [4.78, 5) is 26.7. The largest absolute Gasteiger partial charge is 0.453 e. The van der Waals surface area contributed by atoms with Crippen LogP contribution in [0.1, 0.15) is 6.42 Å². The summed E-state index contributed by atoms with van der Waals surface area (Å²) in [5.41, 5.74) is 0.870. The highest BCUT2D eigenvalue weighted by Crippen LogP contribution is 2.16. The molecule has 5 nitrogen and oxygen atoms in total. The van der Waals surface area contributed by atoms with Crippen molar-refractivity contribution in [1.82, 2.24) is 4.90 Å². The van der Waals surface area contributed by atoms with Crippen molar-refractivity contribution < 1.29 is 14.3 Å². The third-order valence-electron chi connectivity index (χ3n) is 2.94. The van der Waals surface area contributed by atoms with E-state index in [1.54, 1.807) is 4.90 Å². The Balaban J connectivity index is 2.12. The molecule has 0 atom stereocenters. The number of carbonyl (C=O) groups excluding carboxylic acids is 2. The van der Waals surface area contributed by atoms with Gasteiger partial charge < -0.3 is 9.64 Å². The number of methoxy groups -OCH3 is 1. The second-order valence-electron chi connectivity index (χ2n) is 4.13. The van der Waals surface area contributed by atoms with Crippen LogP contribution in [0, 0.1) is 0 Å². The molecule has 0 unspecified atom stereocenters. The smallest absolute Gasteiger partial charge is 0.409 e. The monoisotopic (exact) mass is 248 g/mol. The van der Waals surface area contributed by atoms with Crippen LogP contribution in [0.25, 0.3) is 0 Å². The highest BCUT2D eigenvalue weighted by molar-refractivity contribution is 5.96. The van der Waals surface area contributed by atoms with Crippen LogP contribution >= 0.6 is 0 Å². The van der Waals surface area contributed by atoms with Gasteiger partial charge in [0.05, 0.1) is 7.11 Å². The van der Waals surface area contributed by atoms with E-state index < -0.39 is 6.09 Å². The van der Waals surface area contributed by atoms with Crippen molar-refractivity contribution in [3.8, 4) is 0 Å². The second kappa shape index (κ2) is 5.53. The van der Waals surface area contributed by atoms with Crippen molar-refractivity contribution in [2.24, 2.45) is 0 Å². The maximum atomic E-state index is 12.1. The zero-order valence-electron chi connectivity index (χ0n) is 10.3. The zero-order valence-corrected chi connectivity index (χ0v) is 10.3. The van der Waals surface area contributed by atoms with Crippen LogP contribution in [-0.4, -0.2) is 43.6 Å². The Kier molecular flexibility index (Phi) is 3.82. The van der Waals surface area contributed by atoms with E-state index in [0.29, 0.717) is 13.1 Å². The van der Waals surface area contributed by atoms with Crippen molar-refractivity contribution in [1.29, 1.82) is 0 Å². The Morgan fingerprint density at radius 3 is 2.61 bits per heavy atom. The topological polar surface area (TPSA) is 49.9 Å². The Morgan fingerprint density at radius 2 is 1.94 bits per heavy atom. The minimum atomic E-state index is -0.446. The van der Waals surface area contributed by atoms with Gasteiger partial charge >= 0.3 is 6.09 Å². The van der Waals surface area contributed by atoms with Gasteiger partial charge in [-0.2, -0.15) is 0 Å². The number of benzene rings is 1. The van der Waals surface area contributed by atoms with E-state index in [1.807, 2.05) is 30.3 Å². The number of anilines is 1. The summed E-state index contributed by atoms with van der Waals surface area (Å²) in [6, 6.07) is 9.49. The number of ether oxygens (including phenoxy) is 1. The van der Waals surface area contributed by atoms with Crippen molar-refractivity contribution in [3.05, 3.63) is 30.3 Å². The second-order valence-corrected chi connectivity index (χ2v) is 4.13. The molecule has 0 radical (unpaired) electrons. The van der Waals surface area contributed by atoms with Gasteiger partial charge in [-0.1, -0.05) is 18.2 Å². The number of carbonyl (C=O) groups is 2. The van der Waals surface area contributed by atoms with E-state index >= 15 is 0 Å². The molecule has 96 valence electrons. The summed E-state index contributed by atoms with van der Waals surface area (Å²) in [6.07, 6.45) is 0.300. The first kappa shape index (κ1) is 12.4. The quantitative estimate of drug-likeness (QED) is 0.756. The van der Waals surface area contributed by atoms with Crippen LogP contribution in [0.4, 0.5) is 10.5 Å². The minimum Gasteiger partial charge on any atom is -0.453 e. The van der Waals surface area contributed by atoms with Crippen LogP contribution < -0.4 is 4.90 Å². The van der Waals surface area contributed by atoms with Crippen molar-refractivity contribution in [2.75, 3.05) is 31.6 Å². The summed E-state index contributed by atoms with van der Waals surface area (Å²) in [5.74, 6) is -0.0795. The molecule has 1 saturated heterocycles. The normalized spacial score (nSPS) is 16.4. The van der Waals surface area contributed by atoms with E-state index in [4.69, 9.17) is 0 Å². The van der Waals surface area contributed by atoms with E-state index in [1.165, 1.54) is 12.0 Å². The van der Waals surface area contributed by atoms with Gasteiger partial charge in [-0.05, 0) is 18.6 Å². The Hall–Kier alpha value is -2.04. The molecule has 2 amide bonds. The predicted molar refractivity (Wildman–Crippen MR) is 67.4 cm³/mol. The first-order chi connectivity index (χ1) is 8.72. The minimum absolute atomic E-state index is 0.0710. The lowest BCUT2D eigenvalue weighted by Crippen LogP contribution is -2.39. The number of hydrogen-bond donors (Lipinski definition) is 0. The lowest BCUT2D eigenvalue weighted by Gasteiger charge is -2.21. The number of nitrogens with zero attached hydrogens (tertiary/aromatic N) is 2. The molecular weight excluding hydrogens is 232 g/mol. The van der Waals surface area contributed by atoms with E-state index in [-0.39, 0.29) is 12.5 Å². The highest BCUT2D eigenvalue weighted by Gasteiger charge is 2.25. The van der Waals surface area contributed by atoms with Gasteiger partial charge in [0.2, 0.25) is 5.91 Å². The fourth-order valence-electron chi connectivity index (χ4n) is 2.04. The molecule has 1 aliphatic rings. The molecule has 18 heavy (non-hydrogen) atoms. The Morgan fingerprint density at radius 1 is 1.22 bits per heavy atom. The standard InChI is InChI=1S/C13H16N2O3/c1-18-13(17)14-8-5-9-15(12(16)10-14)11-6-3-2-4-7-11/h2-4,6-7H,5,8-10H2,1H3. The molecule has 0 saturated carbocycles. The van der Waals surface area contributed by atoms with Gasteiger partial charge in [0.15, 0.2) is 0 Å². The molecule has 5 heteroatoms. The Bertz CT molecular complexity index is 433. The molecule has 0 bridgehead atoms. The molecule has 1 aliphatic heterocycles. The lowest BCUT2D eigenvalue weighted by molar-refractivity contribution is -0.118. The van der Waals surface area contributed by atoms with Gasteiger partial charge in [0, 0.05) is 18.8 Å². The van der Waals surface area contributed by atoms with E-state index in [0.717, 1.165) is 12.1 Å². The summed E-state index contributed by atoms with van der Waals surface area (Å²) >= 11 is 0. The summed E-state index contributed by atoms with van der Waals surface area (Å²) in [5, 5.41) is 0. The third kappa shape index (κ3) is 2.61. The summed E-state index contributed by atoms with van der Waals surface area (Å²) in [7, 11) is 1.33. The molecule has 0 spiro atoms. The maximum absolute atomic E-state index is 12.1. The average molecular weight is 248 g/mol. The van der Waals surface area contributed by atoms with Gasteiger partial charge in [0.25, 0.3) is 0 Å². The number of hydrogen-bond acceptors (Lipinski definition) is 3. The fraction of sp³-hybridized carbons (Fsp3) is 0.385. The molecule has 0 N–H and O–H groups in total. The zero-order chi connectivity index (χ0) is 13.0. The summed E-state index contributed by atoms with van der Waals surface area (Å²) in [6.45, 7) is 1.24. The Labute approximate surface area is 106 Å². The summed E-state index contributed by atoms with van der Waals surface area (Å²) < 4.78 is 4.65. The first-order valence-electron chi connectivity index (χ1n) is 5.90. The van der Waals surface area contributed by atoms with Crippen LogP contribution in [0.15, 0.2) is 30.3 Å². The number of amides is 2. The van der Waals surface area contributed by atoms with Crippen molar-refractivity contribution in [3.63, 3.8) is 0 Å². The van der Waals surface area contributed by atoms with Crippen molar-refractivity contribution in [2.45, 2.75) is 6.42 Å². The van der Waals surface area contributed by atoms with E-state index in [2.05, 4.69) is 4.74 Å². The number of para-hydroxylation sites is 1. The molecule has 1 aromatic rings. The van der Waals surface area contributed by atoms with Gasteiger partial charge in [-0.15, -0.1) is 0 Å². The van der Waals surface area contributed by atoms with Crippen LogP contribution in [-0.2, 0) is 9.53 Å². The molecule has 0 aliphatic carbocycles. The molecule has 1 heterocycles. The van der Waals surface area contributed by atoms with Crippen LogP contribution in [0.5, 0.6) is 0 Å². The lowest BCUT2D eigenvalue weighted by atomic mass is 10.2. The van der Waals surface area contributed by atoms with Crippen molar-refractivity contribution >= 4 is 17.7 Å². The molecule has 0 aromatic heterocycles.